The summed E-state index contributed by atoms with van der Waals surface area (Å²) in [5, 5.41) is 25.6. The minimum absolute atomic E-state index is 1.15. The molecule has 0 unspecified atom stereocenters. The van der Waals surface area contributed by atoms with Crippen LogP contribution in [-0.4, -0.2) is 9.13 Å². The van der Waals surface area contributed by atoms with Gasteiger partial charge in [-0.2, -0.15) is 0 Å². The lowest BCUT2D eigenvalue weighted by molar-refractivity contribution is 1.18. The van der Waals surface area contributed by atoms with E-state index < -0.39 is 0 Å². The molecule has 19 aromatic carbocycles. The maximum Gasteiger partial charge on any atom is 0.0547 e. The van der Waals surface area contributed by atoms with Crippen molar-refractivity contribution in [2.45, 2.75) is 0 Å². The zero-order chi connectivity index (χ0) is 65.8. The van der Waals surface area contributed by atoms with Gasteiger partial charge in [0.1, 0.15) is 0 Å². The Morgan fingerprint density at radius 1 is 0.140 bits per heavy atom. The maximum atomic E-state index is 2.45. The molecular weight excluding hydrogens is 1210 g/mol. The van der Waals surface area contributed by atoms with E-state index in [2.05, 4.69) is 385 Å². The summed E-state index contributed by atoms with van der Waals surface area (Å²) in [6.07, 6.45) is 0. The summed E-state index contributed by atoms with van der Waals surface area (Å²) < 4.78 is 4.90. The smallest absolute Gasteiger partial charge is 0.0547 e. The van der Waals surface area contributed by atoms with Crippen LogP contribution in [0, 0.1) is 0 Å². The van der Waals surface area contributed by atoms with Crippen LogP contribution in [0.15, 0.2) is 376 Å². The van der Waals surface area contributed by atoms with Crippen LogP contribution in [0.3, 0.4) is 0 Å². The summed E-state index contributed by atoms with van der Waals surface area (Å²) >= 11 is 0. The second-order valence-corrected chi connectivity index (χ2v) is 26.5. The third kappa shape index (κ3) is 9.05. The monoisotopic (exact) mass is 1270 g/mol. The summed E-state index contributed by atoms with van der Waals surface area (Å²) in [7, 11) is 0. The average molecular weight is 1270 g/mol. The molecule has 2 nitrogen and oxygen atoms in total. The van der Waals surface area contributed by atoms with Crippen molar-refractivity contribution in [2.24, 2.45) is 0 Å². The third-order valence-electron chi connectivity index (χ3n) is 21.1. The zero-order valence-corrected chi connectivity index (χ0v) is 54.7. The van der Waals surface area contributed by atoms with E-state index in [4.69, 9.17) is 0 Å². The summed E-state index contributed by atoms with van der Waals surface area (Å²) in [6, 6.07) is 138. The van der Waals surface area contributed by atoms with Crippen LogP contribution in [-0.2, 0) is 0 Å². The van der Waals surface area contributed by atoms with Gasteiger partial charge in [-0.25, -0.2) is 0 Å². The Labute approximate surface area is 578 Å². The molecule has 0 amide bonds. The minimum Gasteiger partial charge on any atom is -0.309 e. The van der Waals surface area contributed by atoms with E-state index in [1.54, 1.807) is 0 Å². The predicted molar refractivity (Wildman–Crippen MR) is 429 cm³/mol. The number of nitrogens with zero attached hydrogens (tertiary/aromatic N) is 2. The molecule has 0 saturated heterocycles. The molecule has 464 valence electrons. The Balaban J connectivity index is 0.000000136. The fraction of sp³-hybridized carbons (Fsp3) is 0. The Hall–Kier alpha value is -13.1. The Kier molecular flexibility index (Phi) is 13.3. The molecule has 0 aliphatic rings. The number of fused-ring (bicyclic) bond motifs is 18. The number of hydrogen-bond donors (Lipinski definition) is 0. The van der Waals surface area contributed by atoms with Gasteiger partial charge in [-0.3, -0.25) is 0 Å². The first-order valence-electron chi connectivity index (χ1n) is 34.6. The lowest BCUT2D eigenvalue weighted by Gasteiger charge is -2.19. The van der Waals surface area contributed by atoms with Gasteiger partial charge in [0.05, 0.1) is 22.1 Å². The lowest BCUT2D eigenvalue weighted by atomic mass is 9.85. The Bertz CT molecular complexity index is 6600. The highest BCUT2D eigenvalue weighted by atomic mass is 15.0. The molecule has 0 aliphatic carbocycles. The average Bonchev–Trinajstić information content (AvgIpc) is 1.51. The van der Waals surface area contributed by atoms with Gasteiger partial charge in [0.2, 0.25) is 0 Å². The molecule has 0 spiro atoms. The van der Waals surface area contributed by atoms with E-state index in [0.717, 1.165) is 11.4 Å². The van der Waals surface area contributed by atoms with Gasteiger partial charge in [-0.05, 0) is 196 Å². The first-order valence-corrected chi connectivity index (χ1v) is 34.6. The number of hydrogen-bond acceptors (Lipinski definition) is 0. The molecule has 0 bridgehead atoms. The van der Waals surface area contributed by atoms with Crippen LogP contribution in [0.25, 0.3) is 197 Å². The predicted octanol–water partition coefficient (Wildman–Crippen LogP) is 27.1. The first kappa shape index (κ1) is 57.1. The molecule has 2 heteroatoms. The van der Waals surface area contributed by atoms with Gasteiger partial charge in [-0.1, -0.05) is 322 Å². The SMILES string of the molecule is c1ccc(-c2c3ccccc3c(-c3ccc(-n4c5ccc6ccccc6c5c5c6ccccc6ccc54)cc3)c3ccccc23)cc1.c1ccc(-c2ccc3c(-c4ccc(-n5c6ccc7ccccc7c6c6c7ccccc7ccc65)cc4)c4ccccc4c(-c4ccccc4)c3c2)cc1. The lowest BCUT2D eigenvalue weighted by Crippen LogP contribution is -1.95. The summed E-state index contributed by atoms with van der Waals surface area (Å²) in [5.74, 6) is 0. The van der Waals surface area contributed by atoms with Crippen LogP contribution in [0.2, 0.25) is 0 Å². The van der Waals surface area contributed by atoms with E-state index in [1.807, 2.05) is 0 Å². The molecule has 2 heterocycles. The van der Waals surface area contributed by atoms with Crippen LogP contribution in [0.1, 0.15) is 0 Å². The highest BCUT2D eigenvalue weighted by Crippen LogP contribution is 2.49. The summed E-state index contributed by atoms with van der Waals surface area (Å²) in [5.41, 5.74) is 19.7. The van der Waals surface area contributed by atoms with Crippen molar-refractivity contribution < 1.29 is 0 Å². The second kappa shape index (κ2) is 23.3. The van der Waals surface area contributed by atoms with Gasteiger partial charge in [0.15, 0.2) is 0 Å². The van der Waals surface area contributed by atoms with Crippen molar-refractivity contribution in [3.8, 4) is 67.0 Å². The third-order valence-corrected chi connectivity index (χ3v) is 21.1. The van der Waals surface area contributed by atoms with Crippen LogP contribution < -0.4 is 0 Å². The van der Waals surface area contributed by atoms with Crippen molar-refractivity contribution >= 4 is 130 Å². The molecule has 2 aromatic heterocycles. The van der Waals surface area contributed by atoms with Crippen LogP contribution in [0.5, 0.6) is 0 Å². The fourth-order valence-corrected chi connectivity index (χ4v) is 16.8. The van der Waals surface area contributed by atoms with Gasteiger partial charge >= 0.3 is 0 Å². The van der Waals surface area contributed by atoms with Crippen molar-refractivity contribution in [2.75, 3.05) is 0 Å². The van der Waals surface area contributed by atoms with E-state index in [1.165, 1.54) is 185 Å². The molecule has 21 rings (SSSR count). The minimum atomic E-state index is 1.15. The Morgan fingerprint density at radius 2 is 0.370 bits per heavy atom. The first-order chi connectivity index (χ1) is 49.7. The van der Waals surface area contributed by atoms with Crippen LogP contribution in [0.4, 0.5) is 0 Å². The number of aromatic nitrogens is 2. The maximum absolute atomic E-state index is 2.45. The van der Waals surface area contributed by atoms with Gasteiger partial charge in [-0.15, -0.1) is 0 Å². The largest absolute Gasteiger partial charge is 0.309 e. The summed E-state index contributed by atoms with van der Waals surface area (Å²) in [4.78, 5) is 0. The molecular formula is C98H62N2. The highest BCUT2D eigenvalue weighted by molar-refractivity contribution is 6.31. The molecule has 0 atom stereocenters. The fourth-order valence-electron chi connectivity index (χ4n) is 16.8. The van der Waals surface area contributed by atoms with Crippen molar-refractivity contribution in [1.82, 2.24) is 9.13 Å². The molecule has 100 heavy (non-hydrogen) atoms. The van der Waals surface area contributed by atoms with Crippen molar-refractivity contribution in [1.29, 1.82) is 0 Å². The van der Waals surface area contributed by atoms with E-state index in [0.29, 0.717) is 0 Å². The standard InChI is InChI=1S/C52H33N.C46H29N/c1-3-13-34(14-4-1)39-25-30-45-46(33-39)50(37-17-5-2-6-18-37)44-22-12-11-21-43(44)49(45)38-23-28-40(29-24-38)53-47-31-26-35-15-7-9-19-41(35)51(47)52-42-20-10-8-16-36(42)27-32-48(52)53;1-2-14-32(15-3-1)43-37-18-8-10-20-39(37)44(40-21-11-9-19-38(40)43)33-22-26-34(27-23-33)47-41-28-24-30-12-4-6-16-35(30)45(41)46-36-17-7-5-13-31(36)25-29-42(46)47/h1-33H;1-29H. The van der Waals surface area contributed by atoms with Crippen molar-refractivity contribution in [3.63, 3.8) is 0 Å². The molecule has 0 saturated carbocycles. The molecule has 0 aliphatic heterocycles. The van der Waals surface area contributed by atoms with Crippen molar-refractivity contribution in [3.05, 3.63) is 376 Å². The molecule has 0 fully saturated rings. The molecule has 0 radical (unpaired) electrons. The van der Waals surface area contributed by atoms with Gasteiger partial charge < -0.3 is 9.13 Å². The van der Waals surface area contributed by atoms with Gasteiger partial charge in [0, 0.05) is 32.9 Å². The van der Waals surface area contributed by atoms with Gasteiger partial charge in [0.25, 0.3) is 0 Å². The van der Waals surface area contributed by atoms with E-state index in [9.17, 15) is 0 Å². The Morgan fingerprint density at radius 3 is 0.680 bits per heavy atom. The highest BCUT2D eigenvalue weighted by Gasteiger charge is 2.23. The molecule has 0 N–H and O–H groups in total. The quantitative estimate of drug-likeness (QED) is 0.141. The second-order valence-electron chi connectivity index (χ2n) is 26.5. The van der Waals surface area contributed by atoms with E-state index >= 15 is 0 Å². The zero-order valence-electron chi connectivity index (χ0n) is 54.7. The summed E-state index contributed by atoms with van der Waals surface area (Å²) in [6.45, 7) is 0. The molecule has 21 aromatic rings. The van der Waals surface area contributed by atoms with E-state index in [-0.39, 0.29) is 0 Å². The number of benzene rings is 19. The number of rotatable bonds is 7. The topological polar surface area (TPSA) is 9.86 Å². The van der Waals surface area contributed by atoms with Crippen LogP contribution >= 0.6 is 0 Å². The normalized spacial score (nSPS) is 11.8.